The van der Waals surface area contributed by atoms with Crippen molar-refractivity contribution in [1.82, 2.24) is 9.97 Å². The standard InChI is InChI=1S/C12H18N4/c1-7-8(2)13-12-15-10-5-3-9(4-6-10)14-11(7)16-12/h9-10H,3-6H2,1-2H3,(H2,13,14,15,16)/t9-,10+. The highest BCUT2D eigenvalue weighted by molar-refractivity contribution is 5.51. The van der Waals surface area contributed by atoms with Gasteiger partial charge in [-0.3, -0.25) is 0 Å². The molecule has 0 unspecified atom stereocenters. The fraction of sp³-hybridized carbons (Fsp3) is 0.667. The molecule has 1 saturated carbocycles. The van der Waals surface area contributed by atoms with E-state index in [1.54, 1.807) is 0 Å². The highest BCUT2D eigenvalue weighted by Crippen LogP contribution is 2.28. The fourth-order valence-electron chi connectivity index (χ4n) is 2.59. The van der Waals surface area contributed by atoms with Crippen molar-refractivity contribution < 1.29 is 0 Å². The molecular formula is C12H18N4. The maximum absolute atomic E-state index is 4.56. The zero-order valence-electron chi connectivity index (χ0n) is 9.88. The van der Waals surface area contributed by atoms with Gasteiger partial charge in [0.25, 0.3) is 0 Å². The van der Waals surface area contributed by atoms with Crippen molar-refractivity contribution in [3.63, 3.8) is 0 Å². The Bertz CT molecular complexity index is 408. The van der Waals surface area contributed by atoms with E-state index in [2.05, 4.69) is 27.5 Å². The van der Waals surface area contributed by atoms with Crippen molar-refractivity contribution in [3.05, 3.63) is 11.3 Å². The Kier molecular flexibility index (Phi) is 2.23. The van der Waals surface area contributed by atoms with Gasteiger partial charge in [-0.15, -0.1) is 0 Å². The monoisotopic (exact) mass is 218 g/mol. The minimum absolute atomic E-state index is 0.561. The van der Waals surface area contributed by atoms with Crippen LogP contribution >= 0.6 is 0 Å². The molecule has 4 nitrogen and oxygen atoms in total. The van der Waals surface area contributed by atoms with Crippen molar-refractivity contribution in [2.45, 2.75) is 51.6 Å². The van der Waals surface area contributed by atoms with Crippen molar-refractivity contribution in [2.75, 3.05) is 10.6 Å². The number of anilines is 2. The van der Waals surface area contributed by atoms with E-state index in [0.29, 0.717) is 12.1 Å². The van der Waals surface area contributed by atoms with E-state index >= 15 is 0 Å². The Morgan fingerprint density at radius 2 is 1.56 bits per heavy atom. The molecule has 16 heavy (non-hydrogen) atoms. The maximum Gasteiger partial charge on any atom is 0.225 e. The smallest absolute Gasteiger partial charge is 0.225 e. The summed E-state index contributed by atoms with van der Waals surface area (Å²) >= 11 is 0. The molecule has 86 valence electrons. The molecule has 2 aliphatic heterocycles. The van der Waals surface area contributed by atoms with E-state index in [-0.39, 0.29) is 0 Å². The van der Waals surface area contributed by atoms with E-state index in [9.17, 15) is 0 Å². The van der Waals surface area contributed by atoms with Crippen LogP contribution in [0.2, 0.25) is 0 Å². The Morgan fingerprint density at radius 3 is 2.25 bits per heavy atom. The maximum atomic E-state index is 4.56. The van der Waals surface area contributed by atoms with E-state index in [1.165, 1.54) is 31.2 Å². The van der Waals surface area contributed by atoms with Crippen molar-refractivity contribution in [3.8, 4) is 0 Å². The highest BCUT2D eigenvalue weighted by atomic mass is 15.2. The molecule has 3 heterocycles. The van der Waals surface area contributed by atoms with Crippen LogP contribution in [-0.2, 0) is 0 Å². The largest absolute Gasteiger partial charge is 0.367 e. The summed E-state index contributed by atoms with van der Waals surface area (Å²) in [5.74, 6) is 1.81. The van der Waals surface area contributed by atoms with Crippen molar-refractivity contribution >= 4 is 11.8 Å². The molecule has 0 aromatic carbocycles. The summed E-state index contributed by atoms with van der Waals surface area (Å²) in [7, 11) is 0. The Labute approximate surface area is 95.9 Å². The Morgan fingerprint density at radius 1 is 0.938 bits per heavy atom. The van der Waals surface area contributed by atoms with Crippen LogP contribution in [0.25, 0.3) is 0 Å². The quantitative estimate of drug-likeness (QED) is 0.701. The van der Waals surface area contributed by atoms with E-state index in [0.717, 1.165) is 17.5 Å². The number of fused-ring (bicyclic) bond motifs is 2. The molecule has 0 atom stereocenters. The lowest BCUT2D eigenvalue weighted by molar-refractivity contribution is 0.430. The van der Waals surface area contributed by atoms with Crippen molar-refractivity contribution in [1.29, 1.82) is 0 Å². The predicted octanol–water partition coefficient (Wildman–Crippen LogP) is 2.24. The Hall–Kier alpha value is -1.32. The predicted molar refractivity (Wildman–Crippen MR) is 64.8 cm³/mol. The first-order chi connectivity index (χ1) is 7.72. The van der Waals surface area contributed by atoms with Crippen molar-refractivity contribution in [2.24, 2.45) is 0 Å². The highest BCUT2D eigenvalue weighted by Gasteiger charge is 2.25. The van der Waals surface area contributed by atoms with Gasteiger partial charge in [0.05, 0.1) is 0 Å². The Balaban J connectivity index is 2.05. The van der Waals surface area contributed by atoms with E-state index in [1.807, 2.05) is 6.92 Å². The lowest BCUT2D eigenvalue weighted by atomic mass is 9.91. The van der Waals surface area contributed by atoms with Crippen LogP contribution in [-0.4, -0.2) is 22.1 Å². The molecule has 2 N–H and O–H groups in total. The van der Waals surface area contributed by atoms with E-state index in [4.69, 9.17) is 0 Å². The van der Waals surface area contributed by atoms with Crippen LogP contribution in [0.15, 0.2) is 0 Å². The first-order valence-electron chi connectivity index (χ1n) is 6.10. The average Bonchev–Trinajstić information content (AvgIpc) is 2.38. The second-order valence-electron chi connectivity index (χ2n) is 4.94. The number of nitrogens with one attached hydrogen (secondary N) is 2. The summed E-state index contributed by atoms with van der Waals surface area (Å²) < 4.78 is 0. The number of rotatable bonds is 0. The van der Waals surface area contributed by atoms with Gasteiger partial charge in [-0.25, -0.2) is 4.98 Å². The number of aromatic nitrogens is 2. The molecule has 0 radical (unpaired) electrons. The van der Waals surface area contributed by atoms with E-state index < -0.39 is 0 Å². The minimum atomic E-state index is 0.561. The first kappa shape index (κ1) is 9.87. The molecule has 4 rings (SSSR count). The number of aryl methyl sites for hydroxylation is 1. The molecule has 1 fully saturated rings. The van der Waals surface area contributed by atoms with Gasteiger partial charge in [-0.2, -0.15) is 4.98 Å². The first-order valence-corrected chi connectivity index (χ1v) is 6.10. The molecule has 0 spiro atoms. The average molecular weight is 218 g/mol. The third-order valence-corrected chi connectivity index (χ3v) is 3.79. The lowest BCUT2D eigenvalue weighted by Crippen LogP contribution is -2.31. The molecule has 0 amide bonds. The minimum Gasteiger partial charge on any atom is -0.367 e. The summed E-state index contributed by atoms with van der Waals surface area (Å²) in [5, 5.41) is 7.02. The normalized spacial score (nSPS) is 27.4. The molecule has 1 aliphatic carbocycles. The third kappa shape index (κ3) is 1.62. The summed E-state index contributed by atoms with van der Waals surface area (Å²) in [4.78, 5) is 9.06. The topological polar surface area (TPSA) is 49.8 Å². The van der Waals surface area contributed by atoms with Gasteiger partial charge < -0.3 is 10.6 Å². The fourth-order valence-corrected chi connectivity index (χ4v) is 2.59. The van der Waals surface area contributed by atoms with Gasteiger partial charge in [0, 0.05) is 23.3 Å². The summed E-state index contributed by atoms with van der Waals surface area (Å²) in [5.41, 5.74) is 2.25. The van der Waals surface area contributed by atoms with Crippen LogP contribution in [0.1, 0.15) is 36.9 Å². The molecule has 4 heteroatoms. The number of hydrogen-bond donors (Lipinski definition) is 2. The van der Waals surface area contributed by atoms with Gasteiger partial charge in [0.1, 0.15) is 5.82 Å². The van der Waals surface area contributed by atoms with Gasteiger partial charge in [0.15, 0.2) is 0 Å². The van der Waals surface area contributed by atoms with Crippen LogP contribution < -0.4 is 10.6 Å². The molecule has 1 aromatic heterocycles. The molecular weight excluding hydrogens is 200 g/mol. The molecule has 3 aliphatic rings. The number of hydrogen-bond acceptors (Lipinski definition) is 4. The second-order valence-corrected chi connectivity index (χ2v) is 4.94. The lowest BCUT2D eigenvalue weighted by Gasteiger charge is -2.27. The summed E-state index contributed by atoms with van der Waals surface area (Å²) in [6.45, 7) is 4.14. The zero-order valence-corrected chi connectivity index (χ0v) is 9.88. The van der Waals surface area contributed by atoms with Crippen LogP contribution in [0.4, 0.5) is 11.8 Å². The summed E-state index contributed by atoms with van der Waals surface area (Å²) in [6.07, 6.45) is 4.90. The van der Waals surface area contributed by atoms with Gasteiger partial charge in [-0.05, 0) is 39.5 Å². The molecule has 4 bridgehead atoms. The van der Waals surface area contributed by atoms with Gasteiger partial charge in [0.2, 0.25) is 5.95 Å². The number of nitrogens with zero attached hydrogens (tertiary/aromatic N) is 2. The summed E-state index contributed by atoms with van der Waals surface area (Å²) in [6, 6.07) is 1.16. The zero-order chi connectivity index (χ0) is 11.1. The molecule has 1 aromatic rings. The van der Waals surface area contributed by atoms with Crippen LogP contribution in [0.5, 0.6) is 0 Å². The molecule has 0 saturated heterocycles. The van der Waals surface area contributed by atoms with Gasteiger partial charge >= 0.3 is 0 Å². The second kappa shape index (κ2) is 3.61. The van der Waals surface area contributed by atoms with Gasteiger partial charge in [-0.1, -0.05) is 0 Å². The van der Waals surface area contributed by atoms with Crippen LogP contribution in [0, 0.1) is 13.8 Å². The third-order valence-electron chi connectivity index (χ3n) is 3.79. The SMILES string of the molecule is Cc1nc2nc(c1C)N[C@H]1CC[C@H](CC1)N2. The van der Waals surface area contributed by atoms with Crippen LogP contribution in [0.3, 0.4) is 0 Å².